The van der Waals surface area contributed by atoms with E-state index >= 15 is 0 Å². The van der Waals surface area contributed by atoms with Crippen molar-refractivity contribution in [2.75, 3.05) is 32.7 Å². The summed E-state index contributed by atoms with van der Waals surface area (Å²) in [6.07, 6.45) is 7.33. The number of carbonyl (C=O) groups excluding carboxylic acids is 1. The third-order valence-electron chi connectivity index (χ3n) is 7.75. The minimum atomic E-state index is -0.274. The highest BCUT2D eigenvalue weighted by atomic mass is 19.1. The van der Waals surface area contributed by atoms with Crippen LogP contribution in [-0.2, 0) is 4.79 Å². The van der Waals surface area contributed by atoms with E-state index in [2.05, 4.69) is 24.1 Å². The average molecular weight is 498 g/mol. The van der Waals surface area contributed by atoms with Gasteiger partial charge in [-0.05, 0) is 73.0 Å². The van der Waals surface area contributed by atoms with Crippen LogP contribution >= 0.6 is 0 Å². The summed E-state index contributed by atoms with van der Waals surface area (Å²) in [7, 11) is 0. The van der Waals surface area contributed by atoms with Crippen molar-refractivity contribution in [3.63, 3.8) is 0 Å². The van der Waals surface area contributed by atoms with Crippen molar-refractivity contribution in [2.24, 2.45) is 11.8 Å². The summed E-state index contributed by atoms with van der Waals surface area (Å²) in [5.41, 5.74) is 1.93. The molecule has 4 nitrogen and oxygen atoms in total. The Morgan fingerprint density at radius 2 is 1.39 bits per heavy atom. The topological polar surface area (TPSA) is 35.6 Å². The molecule has 1 N–H and O–H groups in total. The van der Waals surface area contributed by atoms with Gasteiger partial charge in [-0.15, -0.1) is 0 Å². The zero-order valence-electron chi connectivity index (χ0n) is 21.8. The second kappa shape index (κ2) is 12.8. The van der Waals surface area contributed by atoms with Gasteiger partial charge in [0.2, 0.25) is 5.91 Å². The van der Waals surface area contributed by atoms with Crippen LogP contribution in [0, 0.1) is 23.5 Å². The van der Waals surface area contributed by atoms with E-state index in [1.165, 1.54) is 56.4 Å². The Hall–Kier alpha value is -2.31. The lowest BCUT2D eigenvalue weighted by molar-refractivity contribution is -0.136. The molecule has 1 saturated carbocycles. The van der Waals surface area contributed by atoms with Crippen LogP contribution in [0.2, 0.25) is 0 Å². The molecule has 196 valence electrons. The zero-order valence-corrected chi connectivity index (χ0v) is 21.8. The third kappa shape index (κ3) is 7.13. The van der Waals surface area contributed by atoms with Gasteiger partial charge in [-0.25, -0.2) is 8.78 Å². The van der Waals surface area contributed by atoms with Crippen LogP contribution in [0.25, 0.3) is 0 Å². The number of benzene rings is 2. The van der Waals surface area contributed by atoms with Gasteiger partial charge in [0.1, 0.15) is 11.6 Å². The SMILES string of the molecule is CC(C)CC(NCC1CCCCC1)C(=O)N1CCN(C(c2ccc(F)cc2)c2ccc(F)cc2)CC1. The molecule has 1 heterocycles. The van der Waals surface area contributed by atoms with Gasteiger partial charge in [0.25, 0.3) is 0 Å². The van der Waals surface area contributed by atoms with Crippen molar-refractivity contribution in [3.8, 4) is 0 Å². The average Bonchev–Trinajstić information content (AvgIpc) is 2.89. The van der Waals surface area contributed by atoms with Gasteiger partial charge in [-0.3, -0.25) is 9.69 Å². The summed E-state index contributed by atoms with van der Waals surface area (Å²) in [6, 6.07) is 12.8. The van der Waals surface area contributed by atoms with E-state index in [0.29, 0.717) is 38.0 Å². The molecule has 1 amide bonds. The summed E-state index contributed by atoms with van der Waals surface area (Å²) in [6.45, 7) is 8.01. The molecule has 2 aromatic rings. The van der Waals surface area contributed by atoms with Crippen LogP contribution < -0.4 is 5.32 Å². The number of carbonyl (C=O) groups is 1. The van der Waals surface area contributed by atoms with Gasteiger partial charge in [0.05, 0.1) is 12.1 Å². The van der Waals surface area contributed by atoms with Crippen LogP contribution in [0.5, 0.6) is 0 Å². The fraction of sp³-hybridized carbons (Fsp3) is 0.567. The number of nitrogens with one attached hydrogen (secondary N) is 1. The van der Waals surface area contributed by atoms with Crippen LogP contribution in [0.4, 0.5) is 8.78 Å². The molecule has 1 unspecified atom stereocenters. The summed E-state index contributed by atoms with van der Waals surface area (Å²) < 4.78 is 27.2. The molecule has 1 aliphatic carbocycles. The van der Waals surface area contributed by atoms with Crippen molar-refractivity contribution >= 4 is 5.91 Å². The molecule has 1 saturated heterocycles. The largest absolute Gasteiger partial charge is 0.339 e. The number of hydrogen-bond donors (Lipinski definition) is 1. The first-order chi connectivity index (χ1) is 17.4. The molecule has 0 spiro atoms. The van der Waals surface area contributed by atoms with E-state index in [0.717, 1.165) is 24.1 Å². The Balaban J connectivity index is 1.42. The van der Waals surface area contributed by atoms with Crippen molar-refractivity contribution in [1.29, 1.82) is 0 Å². The Morgan fingerprint density at radius 3 is 1.89 bits per heavy atom. The maximum absolute atomic E-state index is 13.6. The smallest absolute Gasteiger partial charge is 0.239 e. The molecule has 2 aliphatic rings. The third-order valence-corrected chi connectivity index (χ3v) is 7.75. The number of halogens is 2. The van der Waals surface area contributed by atoms with E-state index in [9.17, 15) is 13.6 Å². The lowest BCUT2D eigenvalue weighted by Crippen LogP contribution is -2.55. The van der Waals surface area contributed by atoms with E-state index in [-0.39, 0.29) is 29.6 Å². The minimum Gasteiger partial charge on any atom is -0.339 e. The molecule has 4 rings (SSSR count). The quantitative estimate of drug-likeness (QED) is 0.477. The summed E-state index contributed by atoms with van der Waals surface area (Å²) in [5, 5.41) is 3.64. The van der Waals surface area contributed by atoms with Crippen molar-refractivity contribution in [2.45, 2.75) is 64.5 Å². The van der Waals surface area contributed by atoms with Crippen molar-refractivity contribution < 1.29 is 13.6 Å². The standard InChI is InChI=1S/C30H41F2N3O/c1-22(2)20-28(33-21-23-6-4-3-5-7-23)30(36)35-18-16-34(17-19-35)29(24-8-12-26(31)13-9-24)25-10-14-27(32)15-11-25/h8-15,22-23,28-29,33H,3-7,16-21H2,1-2H3. The molecule has 6 heteroatoms. The number of piperazine rings is 1. The highest BCUT2D eigenvalue weighted by molar-refractivity contribution is 5.82. The summed E-state index contributed by atoms with van der Waals surface area (Å²) in [4.78, 5) is 17.9. The number of rotatable bonds is 9. The second-order valence-electron chi connectivity index (χ2n) is 11.0. The summed E-state index contributed by atoms with van der Waals surface area (Å²) in [5.74, 6) is 0.790. The molecule has 0 bridgehead atoms. The molecule has 0 aromatic heterocycles. The minimum absolute atomic E-state index is 0.112. The van der Waals surface area contributed by atoms with Crippen LogP contribution in [0.3, 0.4) is 0 Å². The first-order valence-corrected chi connectivity index (χ1v) is 13.7. The fourth-order valence-electron chi connectivity index (χ4n) is 5.77. The highest BCUT2D eigenvalue weighted by Crippen LogP contribution is 2.30. The van der Waals surface area contributed by atoms with E-state index in [1.54, 1.807) is 24.3 Å². The van der Waals surface area contributed by atoms with Crippen LogP contribution in [0.1, 0.15) is 69.5 Å². The van der Waals surface area contributed by atoms with Crippen molar-refractivity contribution in [1.82, 2.24) is 15.1 Å². The Labute approximate surface area is 215 Å². The number of hydrogen-bond acceptors (Lipinski definition) is 3. The molecule has 36 heavy (non-hydrogen) atoms. The van der Waals surface area contributed by atoms with Crippen molar-refractivity contribution in [3.05, 3.63) is 71.3 Å². The van der Waals surface area contributed by atoms with E-state index < -0.39 is 0 Å². The van der Waals surface area contributed by atoms with Gasteiger partial charge in [-0.1, -0.05) is 57.4 Å². The maximum Gasteiger partial charge on any atom is 0.239 e. The number of nitrogens with zero attached hydrogens (tertiary/aromatic N) is 2. The molecule has 1 atom stereocenters. The lowest BCUT2D eigenvalue weighted by Gasteiger charge is -2.41. The molecular weight excluding hydrogens is 456 g/mol. The first-order valence-electron chi connectivity index (χ1n) is 13.7. The molecule has 1 aliphatic heterocycles. The predicted octanol–water partition coefficient (Wildman–Crippen LogP) is 5.78. The summed E-state index contributed by atoms with van der Waals surface area (Å²) >= 11 is 0. The highest BCUT2D eigenvalue weighted by Gasteiger charge is 2.31. The van der Waals surface area contributed by atoms with Gasteiger partial charge in [0.15, 0.2) is 0 Å². The fourth-order valence-corrected chi connectivity index (χ4v) is 5.77. The Morgan fingerprint density at radius 1 is 0.861 bits per heavy atom. The van der Waals surface area contributed by atoms with Gasteiger partial charge in [0, 0.05) is 26.2 Å². The monoisotopic (exact) mass is 497 g/mol. The first kappa shape index (κ1) is 26.7. The van der Waals surface area contributed by atoms with E-state index in [4.69, 9.17) is 0 Å². The molecule has 2 aromatic carbocycles. The van der Waals surface area contributed by atoms with Crippen LogP contribution in [-0.4, -0.2) is 54.5 Å². The normalized spacial score (nSPS) is 18.7. The Bertz CT molecular complexity index is 904. The Kier molecular flexibility index (Phi) is 9.49. The van der Waals surface area contributed by atoms with E-state index in [1.807, 2.05) is 4.90 Å². The van der Waals surface area contributed by atoms with Crippen LogP contribution in [0.15, 0.2) is 48.5 Å². The van der Waals surface area contributed by atoms with Gasteiger partial charge >= 0.3 is 0 Å². The molecule has 2 fully saturated rings. The zero-order chi connectivity index (χ0) is 25.5. The van der Waals surface area contributed by atoms with Gasteiger partial charge < -0.3 is 10.2 Å². The molecular formula is C30H41F2N3O. The maximum atomic E-state index is 13.6. The predicted molar refractivity (Wildman–Crippen MR) is 141 cm³/mol. The lowest BCUT2D eigenvalue weighted by atomic mass is 9.89. The number of amides is 1. The molecule has 0 radical (unpaired) electrons. The van der Waals surface area contributed by atoms with Gasteiger partial charge in [-0.2, -0.15) is 0 Å². The second-order valence-corrected chi connectivity index (χ2v) is 11.0.